The lowest BCUT2D eigenvalue weighted by atomic mass is 9.67. The van der Waals surface area contributed by atoms with Crippen LogP contribution in [-0.4, -0.2) is 0 Å². The predicted molar refractivity (Wildman–Crippen MR) is 121 cm³/mol. The second kappa shape index (κ2) is 7.55. The summed E-state index contributed by atoms with van der Waals surface area (Å²) < 4.78 is 0. The molecular formula is C23H22Cl2S2. The SMILES string of the molecule is CCC12C=C(Sc3ccc(Cl)cc3)CC1(C)CC(Sc1ccc(Cl)cc1)=C2. The number of hydrogen-bond donors (Lipinski definition) is 0. The lowest BCUT2D eigenvalue weighted by Gasteiger charge is -2.36. The van der Waals surface area contributed by atoms with E-state index in [0.29, 0.717) is 0 Å². The summed E-state index contributed by atoms with van der Waals surface area (Å²) in [6.45, 7) is 4.77. The van der Waals surface area contributed by atoms with Crippen molar-refractivity contribution in [2.45, 2.75) is 42.9 Å². The van der Waals surface area contributed by atoms with Gasteiger partial charge in [-0.05, 0) is 83.0 Å². The van der Waals surface area contributed by atoms with Crippen LogP contribution in [0, 0.1) is 10.8 Å². The Bertz CT molecular complexity index is 827. The van der Waals surface area contributed by atoms with E-state index < -0.39 is 0 Å². The Morgan fingerprint density at radius 2 is 1.19 bits per heavy atom. The number of halogens is 2. The molecule has 0 saturated heterocycles. The minimum absolute atomic E-state index is 0.163. The van der Waals surface area contributed by atoms with Gasteiger partial charge < -0.3 is 0 Å². The Morgan fingerprint density at radius 1 is 0.778 bits per heavy atom. The molecule has 0 spiro atoms. The zero-order chi connectivity index (χ0) is 19.1. The third-order valence-corrected chi connectivity index (χ3v) is 8.37. The number of thioether (sulfide) groups is 2. The first-order valence-electron chi connectivity index (χ1n) is 9.22. The van der Waals surface area contributed by atoms with Crippen molar-refractivity contribution in [2.24, 2.45) is 10.8 Å². The first-order valence-corrected chi connectivity index (χ1v) is 11.6. The largest absolute Gasteiger partial charge is 0.0948 e. The molecule has 0 heterocycles. The van der Waals surface area contributed by atoms with Gasteiger partial charge in [-0.3, -0.25) is 0 Å². The fraction of sp³-hybridized carbons (Fsp3) is 0.304. The predicted octanol–water partition coefficient (Wildman–Crippen LogP) is 8.86. The molecule has 0 atom stereocenters. The van der Waals surface area contributed by atoms with Gasteiger partial charge in [0.05, 0.1) is 0 Å². The van der Waals surface area contributed by atoms with Crippen molar-refractivity contribution in [1.29, 1.82) is 0 Å². The van der Waals surface area contributed by atoms with Crippen LogP contribution in [0.2, 0.25) is 10.0 Å². The summed E-state index contributed by atoms with van der Waals surface area (Å²) in [7, 11) is 0. The molecule has 4 rings (SSSR count). The van der Waals surface area contributed by atoms with Crippen LogP contribution in [0.25, 0.3) is 0 Å². The van der Waals surface area contributed by atoms with Gasteiger partial charge in [-0.1, -0.05) is 72.7 Å². The molecule has 2 aliphatic rings. The van der Waals surface area contributed by atoms with Crippen molar-refractivity contribution >= 4 is 46.7 Å². The van der Waals surface area contributed by atoms with E-state index in [1.54, 1.807) is 0 Å². The highest BCUT2D eigenvalue weighted by Crippen LogP contribution is 2.65. The maximum atomic E-state index is 6.02. The van der Waals surface area contributed by atoms with Crippen LogP contribution in [0.15, 0.2) is 80.3 Å². The second-order valence-corrected chi connectivity index (χ2v) is 10.9. The normalized spacial score (nSPS) is 26.7. The van der Waals surface area contributed by atoms with Crippen molar-refractivity contribution in [2.75, 3.05) is 0 Å². The number of fused-ring (bicyclic) bond motifs is 1. The van der Waals surface area contributed by atoms with Gasteiger partial charge in [0.2, 0.25) is 0 Å². The quantitative estimate of drug-likeness (QED) is 0.462. The van der Waals surface area contributed by atoms with E-state index in [2.05, 4.69) is 50.3 Å². The summed E-state index contributed by atoms with van der Waals surface area (Å²) in [6.07, 6.45) is 8.47. The van der Waals surface area contributed by atoms with Gasteiger partial charge in [0, 0.05) is 25.3 Å². The molecule has 0 radical (unpaired) electrons. The maximum Gasteiger partial charge on any atom is 0.0406 e. The van der Waals surface area contributed by atoms with Crippen LogP contribution >= 0.6 is 46.7 Å². The van der Waals surface area contributed by atoms with Gasteiger partial charge in [0.15, 0.2) is 0 Å². The molecule has 0 bridgehead atoms. The van der Waals surface area contributed by atoms with Gasteiger partial charge in [0.1, 0.15) is 0 Å². The monoisotopic (exact) mass is 432 g/mol. The molecule has 4 heteroatoms. The molecule has 0 saturated carbocycles. The molecule has 0 aliphatic heterocycles. The van der Waals surface area contributed by atoms with Crippen LogP contribution in [0.4, 0.5) is 0 Å². The zero-order valence-corrected chi connectivity index (χ0v) is 18.6. The van der Waals surface area contributed by atoms with E-state index in [4.69, 9.17) is 23.2 Å². The van der Waals surface area contributed by atoms with Crippen molar-refractivity contribution in [3.63, 3.8) is 0 Å². The third kappa shape index (κ3) is 3.87. The smallest absolute Gasteiger partial charge is 0.0406 e. The molecule has 0 unspecified atom stereocenters. The van der Waals surface area contributed by atoms with Gasteiger partial charge in [0.25, 0.3) is 0 Å². The topological polar surface area (TPSA) is 0 Å². The van der Waals surface area contributed by atoms with Gasteiger partial charge in [-0.25, -0.2) is 0 Å². The Hall–Kier alpha value is -0.800. The lowest BCUT2D eigenvalue weighted by molar-refractivity contribution is 0.191. The summed E-state index contributed by atoms with van der Waals surface area (Å²) in [4.78, 5) is 5.49. The van der Waals surface area contributed by atoms with Crippen molar-refractivity contribution in [3.8, 4) is 0 Å². The maximum absolute atomic E-state index is 6.02. The number of hydrogen-bond acceptors (Lipinski definition) is 2. The first-order chi connectivity index (χ1) is 12.9. The number of rotatable bonds is 5. The minimum atomic E-state index is 0.163. The van der Waals surface area contributed by atoms with E-state index >= 15 is 0 Å². The van der Waals surface area contributed by atoms with Gasteiger partial charge >= 0.3 is 0 Å². The van der Waals surface area contributed by atoms with E-state index in [9.17, 15) is 0 Å². The van der Waals surface area contributed by atoms with Crippen LogP contribution in [0.3, 0.4) is 0 Å². The number of allylic oxidation sites excluding steroid dienone is 4. The Kier molecular flexibility index (Phi) is 5.46. The van der Waals surface area contributed by atoms with E-state index in [-0.39, 0.29) is 10.8 Å². The molecule has 0 N–H and O–H groups in total. The van der Waals surface area contributed by atoms with Crippen LogP contribution < -0.4 is 0 Å². The van der Waals surface area contributed by atoms with Gasteiger partial charge in [-0.2, -0.15) is 0 Å². The fourth-order valence-electron chi connectivity index (χ4n) is 4.30. The molecule has 0 fully saturated rings. The molecule has 27 heavy (non-hydrogen) atoms. The Labute approximate surface area is 180 Å². The molecule has 2 aromatic rings. The lowest BCUT2D eigenvalue weighted by Crippen LogP contribution is -2.28. The van der Waals surface area contributed by atoms with E-state index in [0.717, 1.165) is 29.3 Å². The standard InChI is InChI=1S/C23H22Cl2S2/c1-3-23-14-20(26-18-8-4-16(24)5-9-18)12-22(23,2)13-21(15-23)27-19-10-6-17(25)7-11-19/h4-11,14-15H,3,12-13H2,1-2H3. The molecule has 140 valence electrons. The average molecular weight is 433 g/mol. The molecule has 0 nitrogen and oxygen atoms in total. The summed E-state index contributed by atoms with van der Waals surface area (Å²) >= 11 is 15.8. The summed E-state index contributed by atoms with van der Waals surface area (Å²) in [5.74, 6) is 0. The minimum Gasteiger partial charge on any atom is -0.0948 e. The molecule has 0 amide bonds. The van der Waals surface area contributed by atoms with Crippen LogP contribution in [0.5, 0.6) is 0 Å². The highest BCUT2D eigenvalue weighted by atomic mass is 35.5. The fourth-order valence-corrected chi connectivity index (χ4v) is 7.02. The molecule has 0 aromatic heterocycles. The third-order valence-electron chi connectivity index (χ3n) is 5.80. The van der Waals surface area contributed by atoms with Crippen LogP contribution in [0.1, 0.15) is 33.1 Å². The van der Waals surface area contributed by atoms with Crippen molar-refractivity contribution in [1.82, 2.24) is 0 Å². The summed E-state index contributed by atoms with van der Waals surface area (Å²) in [6, 6.07) is 16.3. The van der Waals surface area contributed by atoms with Gasteiger partial charge in [-0.15, -0.1) is 0 Å². The highest BCUT2D eigenvalue weighted by Gasteiger charge is 2.52. The van der Waals surface area contributed by atoms with Crippen molar-refractivity contribution in [3.05, 3.63) is 80.5 Å². The van der Waals surface area contributed by atoms with Crippen molar-refractivity contribution < 1.29 is 0 Å². The zero-order valence-electron chi connectivity index (χ0n) is 15.5. The molecular weight excluding hydrogens is 411 g/mol. The van der Waals surface area contributed by atoms with Crippen LogP contribution in [-0.2, 0) is 0 Å². The highest BCUT2D eigenvalue weighted by molar-refractivity contribution is 8.03. The van der Waals surface area contributed by atoms with E-state index in [1.165, 1.54) is 19.6 Å². The molecule has 2 aliphatic carbocycles. The second-order valence-electron chi connectivity index (χ2n) is 7.64. The Balaban J connectivity index is 1.56. The average Bonchev–Trinajstić information content (AvgIpc) is 3.04. The Morgan fingerprint density at radius 3 is 1.52 bits per heavy atom. The van der Waals surface area contributed by atoms with E-state index in [1.807, 2.05) is 47.8 Å². The number of benzene rings is 2. The first kappa shape index (κ1) is 19.5. The summed E-state index contributed by atoms with van der Waals surface area (Å²) in [5, 5.41) is 1.58. The summed E-state index contributed by atoms with van der Waals surface area (Å²) in [5.41, 5.74) is 0.432. The molecule has 2 aromatic carbocycles.